The lowest BCUT2D eigenvalue weighted by atomic mass is 9.77. The van der Waals surface area contributed by atoms with Crippen LogP contribution < -0.4 is 5.32 Å². The van der Waals surface area contributed by atoms with Gasteiger partial charge in [0.15, 0.2) is 0 Å². The predicted octanol–water partition coefficient (Wildman–Crippen LogP) is 8.05. The van der Waals surface area contributed by atoms with Gasteiger partial charge in [-0.15, -0.1) is 23.4 Å². The molecule has 3 aromatic carbocycles. The highest BCUT2D eigenvalue weighted by atomic mass is 79.9. The summed E-state index contributed by atoms with van der Waals surface area (Å²) in [5.74, 6) is 0.328. The third kappa shape index (κ3) is 4.03. The van der Waals surface area contributed by atoms with Crippen LogP contribution in [0.15, 0.2) is 76.1 Å². The first-order valence-electron chi connectivity index (χ1n) is 10.3. The summed E-state index contributed by atoms with van der Waals surface area (Å²) >= 11 is 18.6. The van der Waals surface area contributed by atoms with Crippen LogP contribution >= 0.6 is 50.9 Å². The number of nitrogens with zero attached hydrogens (tertiary/aromatic N) is 1. The number of rotatable bonds is 4. The summed E-state index contributed by atoms with van der Waals surface area (Å²) in [5, 5.41) is 15.8. The minimum atomic E-state index is -0.325. The van der Waals surface area contributed by atoms with Crippen LogP contribution in [0.1, 0.15) is 29.5 Å². The first-order valence-corrected chi connectivity index (χ1v) is 12.8. The van der Waals surface area contributed by atoms with E-state index in [9.17, 15) is 10.1 Å². The van der Waals surface area contributed by atoms with Crippen molar-refractivity contribution in [1.29, 1.82) is 0 Å². The normalized spacial score (nSPS) is 26.2. The average Bonchev–Trinajstić information content (AvgIpc) is 3.10. The average molecular weight is 550 g/mol. The molecule has 164 valence electrons. The molecule has 0 spiro atoms. The van der Waals surface area contributed by atoms with E-state index < -0.39 is 0 Å². The van der Waals surface area contributed by atoms with Crippen molar-refractivity contribution >= 4 is 62.3 Å². The van der Waals surface area contributed by atoms with Gasteiger partial charge in [-0.3, -0.25) is 10.1 Å². The van der Waals surface area contributed by atoms with E-state index in [0.29, 0.717) is 9.92 Å². The van der Waals surface area contributed by atoms with E-state index in [1.165, 1.54) is 17.3 Å². The van der Waals surface area contributed by atoms with E-state index >= 15 is 0 Å². The number of nitrogens with one attached hydrogen (secondary N) is 1. The summed E-state index contributed by atoms with van der Waals surface area (Å²) < 4.78 is 1.03. The zero-order valence-electron chi connectivity index (χ0n) is 16.8. The summed E-state index contributed by atoms with van der Waals surface area (Å²) in [5.41, 5.74) is 3.48. The number of benzene rings is 3. The van der Waals surface area contributed by atoms with Crippen LogP contribution in [0, 0.1) is 16.0 Å². The molecule has 0 unspecified atom stereocenters. The molecule has 1 aliphatic heterocycles. The van der Waals surface area contributed by atoms with Crippen LogP contribution in [0.5, 0.6) is 0 Å². The first-order chi connectivity index (χ1) is 15.4. The zero-order valence-corrected chi connectivity index (χ0v) is 20.7. The van der Waals surface area contributed by atoms with Crippen LogP contribution in [0.25, 0.3) is 0 Å². The third-order valence-electron chi connectivity index (χ3n) is 6.32. The largest absolute Gasteiger partial charge is 0.378 e. The number of thioether (sulfide) groups is 1. The quantitative estimate of drug-likeness (QED) is 0.203. The molecule has 32 heavy (non-hydrogen) atoms. The Morgan fingerprint density at radius 2 is 1.91 bits per heavy atom. The van der Waals surface area contributed by atoms with Crippen LogP contribution in [0.4, 0.5) is 11.4 Å². The maximum atomic E-state index is 11.5. The maximum absolute atomic E-state index is 11.5. The van der Waals surface area contributed by atoms with Crippen LogP contribution in [0.3, 0.4) is 0 Å². The maximum Gasteiger partial charge on any atom is 0.282 e. The van der Waals surface area contributed by atoms with E-state index in [2.05, 4.69) is 33.4 Å². The predicted molar refractivity (Wildman–Crippen MR) is 135 cm³/mol. The molecule has 5 atom stereocenters. The van der Waals surface area contributed by atoms with Crippen molar-refractivity contribution in [3.63, 3.8) is 0 Å². The summed E-state index contributed by atoms with van der Waals surface area (Å²) in [6.45, 7) is 0. The smallest absolute Gasteiger partial charge is 0.282 e. The molecule has 0 radical (unpaired) electrons. The Morgan fingerprint density at radius 1 is 1.09 bits per heavy atom. The zero-order chi connectivity index (χ0) is 22.4. The fourth-order valence-electron chi connectivity index (χ4n) is 4.99. The summed E-state index contributed by atoms with van der Waals surface area (Å²) in [6, 6.07) is 21.2. The Balaban J connectivity index is 1.54. The first kappa shape index (κ1) is 22.1. The second kappa shape index (κ2) is 8.90. The molecule has 3 aromatic rings. The Labute approximate surface area is 209 Å². The second-order valence-electron chi connectivity index (χ2n) is 8.16. The molecule has 0 saturated heterocycles. The minimum absolute atomic E-state index is 0.0363. The molecule has 1 aliphatic carbocycles. The summed E-state index contributed by atoms with van der Waals surface area (Å²) in [4.78, 5) is 11.9. The molecule has 1 saturated carbocycles. The number of anilines is 1. The number of nitro groups is 1. The topological polar surface area (TPSA) is 55.2 Å². The van der Waals surface area contributed by atoms with Crippen molar-refractivity contribution in [1.82, 2.24) is 0 Å². The molecule has 8 heteroatoms. The highest BCUT2D eigenvalue weighted by Crippen LogP contribution is 2.58. The molecule has 4 nitrogen and oxygen atoms in total. The van der Waals surface area contributed by atoms with Crippen molar-refractivity contribution in [3.8, 4) is 0 Å². The summed E-state index contributed by atoms with van der Waals surface area (Å²) in [7, 11) is 0. The lowest BCUT2D eigenvalue weighted by molar-refractivity contribution is -0.387. The molecule has 2 aliphatic rings. The van der Waals surface area contributed by atoms with Crippen molar-refractivity contribution < 1.29 is 4.92 Å². The minimum Gasteiger partial charge on any atom is -0.378 e. The fourth-order valence-corrected chi connectivity index (χ4v) is 7.53. The van der Waals surface area contributed by atoms with Crippen LogP contribution in [0.2, 0.25) is 5.02 Å². The van der Waals surface area contributed by atoms with Gasteiger partial charge in [0.05, 0.1) is 21.2 Å². The van der Waals surface area contributed by atoms with E-state index in [1.54, 1.807) is 12.1 Å². The van der Waals surface area contributed by atoms with E-state index in [0.717, 1.165) is 22.1 Å². The van der Waals surface area contributed by atoms with E-state index in [4.69, 9.17) is 23.2 Å². The van der Waals surface area contributed by atoms with Gasteiger partial charge < -0.3 is 5.32 Å². The SMILES string of the molecule is O=[N+]([O-])c1ccccc1S[C@H]1C[C@H]2[C@H](c3cc(Cl)ccc3N[C@H]2c2cccc(Br)c2)[C@@H]1Cl. The lowest BCUT2D eigenvalue weighted by Crippen LogP contribution is -2.31. The summed E-state index contributed by atoms with van der Waals surface area (Å²) in [6.07, 6.45) is 0.839. The van der Waals surface area contributed by atoms with Gasteiger partial charge in [0.2, 0.25) is 0 Å². The van der Waals surface area contributed by atoms with Gasteiger partial charge in [0, 0.05) is 32.4 Å². The number of nitro benzene ring substituents is 1. The number of hydrogen-bond donors (Lipinski definition) is 1. The number of hydrogen-bond acceptors (Lipinski definition) is 4. The van der Waals surface area contributed by atoms with Crippen molar-refractivity contribution in [2.75, 3.05) is 5.32 Å². The Morgan fingerprint density at radius 3 is 2.69 bits per heavy atom. The fraction of sp³-hybridized carbons (Fsp3) is 0.250. The Bertz CT molecular complexity index is 1190. The Kier molecular flexibility index (Phi) is 6.14. The van der Waals surface area contributed by atoms with Crippen molar-refractivity contribution in [3.05, 3.63) is 97.5 Å². The number of para-hydroxylation sites is 1. The second-order valence-corrected chi connectivity index (χ2v) is 11.3. The van der Waals surface area contributed by atoms with Gasteiger partial charge in [-0.2, -0.15) is 0 Å². The van der Waals surface area contributed by atoms with Gasteiger partial charge in [0.25, 0.3) is 5.69 Å². The highest BCUT2D eigenvalue weighted by Gasteiger charge is 2.50. The molecule has 0 bridgehead atoms. The number of fused-ring (bicyclic) bond motifs is 3. The monoisotopic (exact) mass is 548 g/mol. The molecule has 1 heterocycles. The molecule has 5 rings (SSSR count). The molecular formula is C24H19BrCl2N2O2S. The highest BCUT2D eigenvalue weighted by molar-refractivity contribution is 9.10. The third-order valence-corrected chi connectivity index (χ3v) is 9.16. The standard InChI is InChI=1S/C24H19BrCl2N2O2S/c25-14-5-3-4-13(10-14)24-17-12-21(32-20-7-2-1-6-19(20)29(30)31)23(27)22(17)16-11-15(26)8-9-18(16)28-24/h1-11,17,21-24,28H,12H2/t17-,21-,22-,23+,24-/m0/s1. The van der Waals surface area contributed by atoms with Crippen molar-refractivity contribution in [2.24, 2.45) is 5.92 Å². The van der Waals surface area contributed by atoms with Gasteiger partial charge in [-0.05, 0) is 59.9 Å². The van der Waals surface area contributed by atoms with E-state index in [1.807, 2.05) is 42.5 Å². The Hall–Kier alpha value is -1.73. The number of alkyl halides is 1. The van der Waals surface area contributed by atoms with Gasteiger partial charge in [0.1, 0.15) is 0 Å². The van der Waals surface area contributed by atoms with Gasteiger partial charge in [-0.1, -0.05) is 51.8 Å². The number of halogens is 3. The lowest BCUT2D eigenvalue weighted by Gasteiger charge is -2.38. The van der Waals surface area contributed by atoms with Gasteiger partial charge in [-0.25, -0.2) is 0 Å². The van der Waals surface area contributed by atoms with E-state index in [-0.39, 0.29) is 39.1 Å². The van der Waals surface area contributed by atoms with Crippen molar-refractivity contribution in [2.45, 2.75) is 33.9 Å². The molecule has 0 aromatic heterocycles. The van der Waals surface area contributed by atoms with Crippen LogP contribution in [-0.4, -0.2) is 15.6 Å². The molecule has 0 amide bonds. The van der Waals surface area contributed by atoms with Gasteiger partial charge >= 0.3 is 0 Å². The molecule has 1 fully saturated rings. The molecule has 1 N–H and O–H groups in total. The van der Waals surface area contributed by atoms with Crippen LogP contribution in [-0.2, 0) is 0 Å². The molecular weight excluding hydrogens is 531 g/mol.